The monoisotopic (exact) mass is 253 g/mol. The Morgan fingerprint density at radius 1 is 1.22 bits per heavy atom. The summed E-state index contributed by atoms with van der Waals surface area (Å²) >= 11 is 0. The van der Waals surface area contributed by atoms with E-state index >= 15 is 0 Å². The van der Waals surface area contributed by atoms with Crippen LogP contribution in [-0.2, 0) is 0 Å². The lowest BCUT2D eigenvalue weighted by Crippen LogP contribution is -2.18. The van der Waals surface area contributed by atoms with Gasteiger partial charge in [-0.25, -0.2) is 4.39 Å². The fourth-order valence-electron chi connectivity index (χ4n) is 2.05. The van der Waals surface area contributed by atoms with Gasteiger partial charge in [-0.1, -0.05) is 13.8 Å². The predicted molar refractivity (Wildman–Crippen MR) is 73.4 cm³/mol. The van der Waals surface area contributed by atoms with Crippen molar-refractivity contribution in [1.29, 1.82) is 0 Å². The van der Waals surface area contributed by atoms with Gasteiger partial charge in [0.25, 0.3) is 0 Å². The van der Waals surface area contributed by atoms with Gasteiger partial charge in [-0.15, -0.1) is 0 Å². The van der Waals surface area contributed by atoms with Gasteiger partial charge in [0.1, 0.15) is 11.6 Å². The van der Waals surface area contributed by atoms with Crippen LogP contribution in [0.2, 0.25) is 0 Å². The highest BCUT2D eigenvalue weighted by molar-refractivity contribution is 5.36. The second kappa shape index (κ2) is 6.74. The predicted octanol–water partition coefficient (Wildman–Crippen LogP) is 3.92. The molecule has 0 spiro atoms. The molecule has 2 unspecified atom stereocenters. The number of ether oxygens (including phenoxy) is 1. The van der Waals surface area contributed by atoms with Crippen LogP contribution in [0.15, 0.2) is 18.2 Å². The Bertz CT molecular complexity index is 379. The molecule has 102 valence electrons. The topological polar surface area (TPSA) is 21.3 Å². The van der Waals surface area contributed by atoms with E-state index in [0.29, 0.717) is 5.92 Å². The Labute approximate surface area is 110 Å². The van der Waals surface area contributed by atoms with Crippen molar-refractivity contribution in [3.05, 3.63) is 29.6 Å². The minimum Gasteiger partial charge on any atom is -0.490 e. The van der Waals surface area contributed by atoms with Gasteiger partial charge < -0.3 is 10.1 Å². The van der Waals surface area contributed by atoms with Crippen LogP contribution in [0.4, 0.5) is 4.39 Å². The highest BCUT2D eigenvalue weighted by atomic mass is 19.1. The van der Waals surface area contributed by atoms with Gasteiger partial charge in [0.15, 0.2) is 0 Å². The molecule has 1 N–H and O–H groups in total. The Morgan fingerprint density at radius 2 is 1.89 bits per heavy atom. The van der Waals surface area contributed by atoms with E-state index in [1.807, 2.05) is 14.0 Å². The van der Waals surface area contributed by atoms with Crippen LogP contribution >= 0.6 is 0 Å². The zero-order chi connectivity index (χ0) is 13.7. The van der Waals surface area contributed by atoms with E-state index in [-0.39, 0.29) is 18.0 Å². The van der Waals surface area contributed by atoms with E-state index in [1.165, 1.54) is 6.07 Å². The fraction of sp³-hybridized carbons (Fsp3) is 0.600. The van der Waals surface area contributed by atoms with Crippen molar-refractivity contribution in [2.24, 2.45) is 5.92 Å². The molecule has 1 rings (SSSR count). The van der Waals surface area contributed by atoms with Gasteiger partial charge in [0.05, 0.1) is 6.10 Å². The molecule has 0 heterocycles. The third-order valence-electron chi connectivity index (χ3n) is 3.00. The summed E-state index contributed by atoms with van der Waals surface area (Å²) in [5, 5.41) is 3.12. The molecule has 0 aromatic heterocycles. The molecular formula is C15H24FNO. The first-order chi connectivity index (χ1) is 8.43. The molecule has 18 heavy (non-hydrogen) atoms. The van der Waals surface area contributed by atoms with E-state index < -0.39 is 0 Å². The molecule has 0 aliphatic rings. The summed E-state index contributed by atoms with van der Waals surface area (Å²) in [7, 11) is 1.86. The summed E-state index contributed by atoms with van der Waals surface area (Å²) in [5.41, 5.74) is 0.869. The molecule has 0 bridgehead atoms. The highest BCUT2D eigenvalue weighted by Gasteiger charge is 2.14. The number of hydrogen-bond donors (Lipinski definition) is 1. The molecule has 0 aliphatic heterocycles. The van der Waals surface area contributed by atoms with E-state index in [9.17, 15) is 4.39 Å². The normalized spacial score (nSPS) is 14.6. The SMILES string of the molecule is CNC(C)c1cc(F)ccc1OC(C)CC(C)C. The van der Waals surface area contributed by atoms with Gasteiger partial charge in [-0.3, -0.25) is 0 Å². The van der Waals surface area contributed by atoms with Gasteiger partial charge in [-0.05, 0) is 51.4 Å². The maximum absolute atomic E-state index is 13.3. The first-order valence-corrected chi connectivity index (χ1v) is 6.57. The summed E-state index contributed by atoms with van der Waals surface area (Å²) in [5.74, 6) is 1.13. The molecular weight excluding hydrogens is 229 g/mol. The summed E-state index contributed by atoms with van der Waals surface area (Å²) < 4.78 is 19.2. The van der Waals surface area contributed by atoms with Crippen molar-refractivity contribution in [3.63, 3.8) is 0 Å². The molecule has 2 nitrogen and oxygen atoms in total. The summed E-state index contributed by atoms with van der Waals surface area (Å²) in [4.78, 5) is 0. The van der Waals surface area contributed by atoms with Gasteiger partial charge in [0.2, 0.25) is 0 Å². The molecule has 1 aromatic rings. The van der Waals surface area contributed by atoms with Crippen LogP contribution in [0.5, 0.6) is 5.75 Å². The van der Waals surface area contributed by atoms with Crippen molar-refractivity contribution in [2.45, 2.75) is 46.3 Å². The van der Waals surface area contributed by atoms with Crippen LogP contribution in [0.1, 0.15) is 45.7 Å². The van der Waals surface area contributed by atoms with Gasteiger partial charge in [0, 0.05) is 11.6 Å². The maximum Gasteiger partial charge on any atom is 0.124 e. The van der Waals surface area contributed by atoms with E-state index in [1.54, 1.807) is 12.1 Å². The number of benzene rings is 1. The smallest absolute Gasteiger partial charge is 0.124 e. The third kappa shape index (κ3) is 4.30. The second-order valence-electron chi connectivity index (χ2n) is 5.25. The summed E-state index contributed by atoms with van der Waals surface area (Å²) in [6, 6.07) is 4.78. The number of halogens is 1. The molecule has 1 aromatic carbocycles. The zero-order valence-electron chi connectivity index (χ0n) is 12.0. The minimum absolute atomic E-state index is 0.0712. The first kappa shape index (κ1) is 15.0. The van der Waals surface area contributed by atoms with Crippen LogP contribution in [-0.4, -0.2) is 13.2 Å². The Kier molecular flexibility index (Phi) is 5.60. The van der Waals surface area contributed by atoms with Crippen molar-refractivity contribution in [1.82, 2.24) is 5.32 Å². The fourth-order valence-corrected chi connectivity index (χ4v) is 2.05. The van der Waals surface area contributed by atoms with E-state index in [4.69, 9.17) is 4.74 Å². The Hall–Kier alpha value is -1.09. The number of rotatable bonds is 6. The third-order valence-corrected chi connectivity index (χ3v) is 3.00. The Balaban J connectivity index is 2.87. The summed E-state index contributed by atoms with van der Waals surface area (Å²) in [6.07, 6.45) is 1.13. The maximum atomic E-state index is 13.3. The molecule has 0 radical (unpaired) electrons. The second-order valence-corrected chi connectivity index (χ2v) is 5.25. The average Bonchev–Trinajstić information content (AvgIpc) is 2.29. The van der Waals surface area contributed by atoms with Gasteiger partial charge in [-0.2, -0.15) is 0 Å². The molecule has 0 amide bonds. The molecule has 0 saturated heterocycles. The van der Waals surface area contributed by atoms with Crippen LogP contribution in [0.25, 0.3) is 0 Å². The molecule has 0 fully saturated rings. The van der Waals surface area contributed by atoms with Crippen LogP contribution in [0, 0.1) is 11.7 Å². The lowest BCUT2D eigenvalue weighted by Gasteiger charge is -2.21. The zero-order valence-corrected chi connectivity index (χ0v) is 12.0. The molecule has 0 aliphatic carbocycles. The Morgan fingerprint density at radius 3 is 2.44 bits per heavy atom. The number of hydrogen-bond acceptors (Lipinski definition) is 2. The highest BCUT2D eigenvalue weighted by Crippen LogP contribution is 2.27. The van der Waals surface area contributed by atoms with Gasteiger partial charge >= 0.3 is 0 Å². The molecule has 0 saturated carbocycles. The average molecular weight is 253 g/mol. The minimum atomic E-state index is -0.226. The van der Waals surface area contributed by atoms with Crippen molar-refractivity contribution in [3.8, 4) is 5.75 Å². The van der Waals surface area contributed by atoms with Crippen molar-refractivity contribution < 1.29 is 9.13 Å². The van der Waals surface area contributed by atoms with Crippen molar-refractivity contribution >= 4 is 0 Å². The lowest BCUT2D eigenvalue weighted by atomic mass is 10.1. The lowest BCUT2D eigenvalue weighted by molar-refractivity contribution is 0.190. The van der Waals surface area contributed by atoms with E-state index in [0.717, 1.165) is 17.7 Å². The molecule has 2 atom stereocenters. The van der Waals surface area contributed by atoms with Crippen molar-refractivity contribution in [2.75, 3.05) is 7.05 Å². The number of nitrogens with one attached hydrogen (secondary N) is 1. The standard InChI is InChI=1S/C15H24FNO/c1-10(2)8-11(3)18-15-7-6-13(16)9-14(15)12(4)17-5/h6-7,9-12,17H,8H2,1-5H3. The van der Waals surface area contributed by atoms with Crippen LogP contribution < -0.4 is 10.1 Å². The van der Waals surface area contributed by atoms with E-state index in [2.05, 4.69) is 26.1 Å². The van der Waals surface area contributed by atoms with Crippen LogP contribution in [0.3, 0.4) is 0 Å². The largest absolute Gasteiger partial charge is 0.490 e. The summed E-state index contributed by atoms with van der Waals surface area (Å²) in [6.45, 7) is 8.38. The first-order valence-electron chi connectivity index (χ1n) is 6.57. The molecule has 3 heteroatoms. The quantitative estimate of drug-likeness (QED) is 0.829.